The number of fused-ring (bicyclic) bond motifs is 4. The molecular formula is C41H63NaO17S. The van der Waals surface area contributed by atoms with Gasteiger partial charge in [-0.15, -0.1) is 0 Å². The van der Waals surface area contributed by atoms with Crippen LogP contribution in [0.2, 0.25) is 0 Å². The maximum atomic E-state index is 14.5. The molecule has 0 aromatic carbocycles. The summed E-state index contributed by atoms with van der Waals surface area (Å²) in [4.78, 5) is 14.5. The second kappa shape index (κ2) is 15.4. The molecule has 0 amide bonds. The minimum atomic E-state index is -5.29. The van der Waals surface area contributed by atoms with E-state index in [4.69, 9.17) is 28.4 Å². The Balaban J connectivity index is 0.00000544. The summed E-state index contributed by atoms with van der Waals surface area (Å²) in [6.45, 7) is 15.0. The van der Waals surface area contributed by atoms with Crippen LogP contribution in [-0.4, -0.2) is 147 Å². The quantitative estimate of drug-likeness (QED) is 0.0407. The molecule has 4 heterocycles. The Kier molecular flexibility index (Phi) is 12.2. The van der Waals surface area contributed by atoms with Crippen LogP contribution in [0.1, 0.15) is 107 Å². The van der Waals surface area contributed by atoms with Crippen LogP contribution in [0.25, 0.3) is 0 Å². The van der Waals surface area contributed by atoms with Crippen molar-refractivity contribution in [1.82, 2.24) is 0 Å². The van der Waals surface area contributed by atoms with Gasteiger partial charge in [0.05, 0.1) is 30.5 Å². The summed E-state index contributed by atoms with van der Waals surface area (Å²) in [5, 5.41) is 68.1. The smallest absolute Gasteiger partial charge is 0.726 e. The van der Waals surface area contributed by atoms with Crippen LogP contribution in [0, 0.1) is 33.5 Å². The van der Waals surface area contributed by atoms with E-state index in [0.717, 1.165) is 12.0 Å². The summed E-state index contributed by atoms with van der Waals surface area (Å²) in [5.74, 6) is -0.763. The van der Waals surface area contributed by atoms with Gasteiger partial charge in [0, 0.05) is 0 Å². The van der Waals surface area contributed by atoms with Gasteiger partial charge in [-0.25, -0.2) is 8.42 Å². The molecule has 6 N–H and O–H groups in total. The van der Waals surface area contributed by atoms with Gasteiger partial charge in [0.15, 0.2) is 18.2 Å². The third-order valence-corrected chi connectivity index (χ3v) is 17.4. The Morgan fingerprint density at radius 2 is 1.52 bits per heavy atom. The number of aliphatic hydroxyl groups excluding tert-OH is 5. The fourth-order valence-electron chi connectivity index (χ4n) is 13.7. The summed E-state index contributed by atoms with van der Waals surface area (Å²) in [6, 6.07) is 0. The second-order valence-electron chi connectivity index (χ2n) is 20.7. The summed E-state index contributed by atoms with van der Waals surface area (Å²) in [7, 11) is -5.29. The molecule has 7 fully saturated rings. The van der Waals surface area contributed by atoms with Crippen molar-refractivity contribution in [1.29, 1.82) is 0 Å². The van der Waals surface area contributed by atoms with E-state index in [1.165, 1.54) is 6.92 Å². The molecule has 336 valence electrons. The van der Waals surface area contributed by atoms with Gasteiger partial charge >= 0.3 is 35.5 Å². The van der Waals surface area contributed by atoms with Gasteiger partial charge in [-0.3, -0.25) is 8.98 Å². The van der Waals surface area contributed by atoms with Crippen molar-refractivity contribution in [2.75, 3.05) is 6.61 Å². The average Bonchev–Trinajstić information content (AvgIpc) is 3.70. The molecule has 17 nitrogen and oxygen atoms in total. The maximum Gasteiger partial charge on any atom is 1.00 e. The van der Waals surface area contributed by atoms with E-state index in [9.17, 15) is 48.4 Å². The van der Waals surface area contributed by atoms with Crippen LogP contribution >= 0.6 is 0 Å². The molecule has 4 saturated heterocycles. The Labute approximate surface area is 374 Å². The molecule has 8 rings (SSSR count). The van der Waals surface area contributed by atoms with Gasteiger partial charge in [0.25, 0.3) is 0 Å². The first-order chi connectivity index (χ1) is 27.2. The number of carbonyl (C=O) groups is 1. The van der Waals surface area contributed by atoms with Gasteiger partial charge in [0.1, 0.15) is 53.7 Å². The van der Waals surface area contributed by atoms with Gasteiger partial charge in [0.2, 0.25) is 10.4 Å². The standard InChI is InChI=1S/C41H64O17S.Na/c1-19-27(43)29(45)30(46)32(53-19)55-31-28(44)22(58-59(49,50)51)18-52-33(31)54-25-12-14-37(6)21-17-24(42)41-34(47)57-39(8,26-11-13-35(2,3)56-26)40(41,48)16-15-38(41,7)20(21)9-10-23(37)36(25,4)5;/h17,19-20,22-33,42-46,48H,9-16,18H2,1-8H3,(H,49,50,51);/q;+1/p-1/t19-,20-,22-,23?,24+,25+,26?,27-,28+,29+,30-,31-,32+,33+,37-,38+,39+,40+,41?;/m1./s1. The van der Waals surface area contributed by atoms with Crippen LogP contribution in [0.4, 0.5) is 0 Å². The predicted molar refractivity (Wildman–Crippen MR) is 201 cm³/mol. The first kappa shape index (κ1) is 47.6. The molecule has 3 saturated carbocycles. The molecule has 0 bridgehead atoms. The number of aliphatic hydroxyl groups is 6. The normalized spacial score (nSPS) is 53.2. The van der Waals surface area contributed by atoms with E-state index in [1.807, 2.05) is 26.8 Å². The Hall–Kier alpha value is -0.360. The van der Waals surface area contributed by atoms with Crippen molar-refractivity contribution in [2.24, 2.45) is 33.5 Å². The van der Waals surface area contributed by atoms with Crippen LogP contribution < -0.4 is 29.6 Å². The average molecular weight is 883 g/mol. The molecule has 3 unspecified atom stereocenters. The number of carbonyl (C=O) groups excluding carboxylic acids is 1. The zero-order chi connectivity index (χ0) is 43.3. The molecule has 0 aromatic rings. The van der Waals surface area contributed by atoms with Gasteiger partial charge in [-0.05, 0) is 107 Å². The number of cyclic esters (lactones) is 1. The van der Waals surface area contributed by atoms with E-state index in [2.05, 4.69) is 25.0 Å². The third kappa shape index (κ3) is 6.66. The molecule has 0 aromatic heterocycles. The SMILES string of the molecule is C[C@H]1O[C@@H](O[C@H]2[C@H](O[C@H]3CC[C@]4(C)C5=C[C@H](O)C67C(=O)O[C@@](C)(C8CCC(C)(C)O8)[C@@]6(O)CC[C@@]7(C)[C@@H]5CCC4C3(C)C)OC[C@@H](OS(=O)(=O)[O-])[C@@H]2O)[C@H](O)[C@@H](O)[C@@H]1O.[Na+]. The maximum absolute atomic E-state index is 14.5. The summed E-state index contributed by atoms with van der Waals surface area (Å²) in [6.07, 6.45) is -10.0. The van der Waals surface area contributed by atoms with Crippen LogP contribution in [0.3, 0.4) is 0 Å². The van der Waals surface area contributed by atoms with Crippen LogP contribution in [0.15, 0.2) is 11.6 Å². The van der Waals surface area contributed by atoms with E-state index in [-0.39, 0.29) is 47.8 Å². The van der Waals surface area contributed by atoms with Crippen LogP contribution in [-0.2, 0) is 47.8 Å². The zero-order valence-electron chi connectivity index (χ0n) is 36.1. The predicted octanol–water partition coefficient (Wildman–Crippen LogP) is -1.90. The largest absolute Gasteiger partial charge is 1.00 e. The number of esters is 1. The van der Waals surface area contributed by atoms with E-state index < -0.39 is 135 Å². The zero-order valence-corrected chi connectivity index (χ0v) is 38.9. The Bertz CT molecular complexity index is 1830. The fraction of sp³-hybridized carbons (Fsp3) is 0.927. The number of rotatable bonds is 7. The summed E-state index contributed by atoms with van der Waals surface area (Å²) >= 11 is 0. The first-order valence-corrected chi connectivity index (χ1v) is 22.5. The van der Waals surface area contributed by atoms with Gasteiger partial charge in [-0.2, -0.15) is 0 Å². The van der Waals surface area contributed by atoms with E-state index in [0.29, 0.717) is 38.5 Å². The van der Waals surface area contributed by atoms with Crippen molar-refractivity contribution in [3.63, 3.8) is 0 Å². The number of ether oxygens (including phenoxy) is 6. The molecular weight excluding hydrogens is 819 g/mol. The van der Waals surface area contributed by atoms with Crippen molar-refractivity contribution in [2.45, 2.75) is 197 Å². The first-order valence-electron chi connectivity index (χ1n) is 21.2. The van der Waals surface area contributed by atoms with Crippen molar-refractivity contribution in [3.8, 4) is 0 Å². The van der Waals surface area contributed by atoms with Crippen LogP contribution in [0.5, 0.6) is 0 Å². The van der Waals surface area contributed by atoms with Crippen molar-refractivity contribution < 1.29 is 111 Å². The second-order valence-corrected chi connectivity index (χ2v) is 21.7. The minimum absolute atomic E-state index is 0. The summed E-state index contributed by atoms with van der Waals surface area (Å²) < 4.78 is 76.1. The molecule has 19 atom stereocenters. The van der Waals surface area contributed by atoms with Crippen molar-refractivity contribution >= 4 is 16.4 Å². The molecule has 8 aliphatic rings. The molecule has 60 heavy (non-hydrogen) atoms. The topological polar surface area (TPSA) is 260 Å². The molecule has 1 spiro atoms. The molecule has 4 aliphatic carbocycles. The van der Waals surface area contributed by atoms with Crippen molar-refractivity contribution in [3.05, 3.63) is 11.6 Å². The third-order valence-electron chi connectivity index (χ3n) is 16.9. The molecule has 19 heteroatoms. The number of hydrogen-bond acceptors (Lipinski definition) is 17. The summed E-state index contributed by atoms with van der Waals surface area (Å²) in [5.41, 5.74) is -5.93. The Morgan fingerprint density at radius 1 is 0.833 bits per heavy atom. The number of hydrogen-bond donors (Lipinski definition) is 6. The number of allylic oxidation sites excluding steroid dienone is 1. The monoisotopic (exact) mass is 882 g/mol. The van der Waals surface area contributed by atoms with E-state index >= 15 is 0 Å². The van der Waals surface area contributed by atoms with E-state index in [1.54, 1.807) is 6.92 Å². The fourth-order valence-corrected chi connectivity index (χ4v) is 14.2. The Morgan fingerprint density at radius 3 is 2.15 bits per heavy atom. The molecule has 0 radical (unpaired) electrons. The minimum Gasteiger partial charge on any atom is -0.726 e. The van der Waals surface area contributed by atoms with Gasteiger partial charge < -0.3 is 63.6 Å². The van der Waals surface area contributed by atoms with Gasteiger partial charge in [-0.1, -0.05) is 39.3 Å². The molecule has 4 aliphatic heterocycles.